The predicted octanol–water partition coefficient (Wildman–Crippen LogP) is 0.678. The number of carbonyl (C=O) groups is 1. The van der Waals surface area contributed by atoms with E-state index in [2.05, 4.69) is 32.6 Å². The van der Waals surface area contributed by atoms with Gasteiger partial charge in [-0.05, 0) is 20.9 Å². The standard InChI is InChI=1S/C15H22N6O/c1-9-11(10(2)21(4)19-9)7-16-15(22)14-12-8-20(3)6-5-13(12)17-18-14/h5-8H2,1-4H3,(H,16,22)(H,17,18). The Morgan fingerprint density at radius 2 is 2.14 bits per heavy atom. The number of H-pyrrole nitrogens is 1. The molecule has 0 saturated carbocycles. The highest BCUT2D eigenvalue weighted by Crippen LogP contribution is 2.19. The average Bonchev–Trinajstić information content (AvgIpc) is 2.99. The average molecular weight is 302 g/mol. The molecule has 3 heterocycles. The smallest absolute Gasteiger partial charge is 0.272 e. The quantitative estimate of drug-likeness (QED) is 0.874. The maximum absolute atomic E-state index is 12.4. The summed E-state index contributed by atoms with van der Waals surface area (Å²) >= 11 is 0. The van der Waals surface area contributed by atoms with E-state index in [9.17, 15) is 4.79 Å². The Morgan fingerprint density at radius 1 is 1.36 bits per heavy atom. The zero-order valence-corrected chi connectivity index (χ0v) is 13.5. The van der Waals surface area contributed by atoms with Crippen LogP contribution < -0.4 is 5.32 Å². The van der Waals surface area contributed by atoms with Gasteiger partial charge < -0.3 is 10.2 Å². The maximum Gasteiger partial charge on any atom is 0.272 e. The number of aromatic amines is 1. The van der Waals surface area contributed by atoms with Crippen LogP contribution in [0.4, 0.5) is 0 Å². The van der Waals surface area contributed by atoms with Crippen LogP contribution in [0.2, 0.25) is 0 Å². The van der Waals surface area contributed by atoms with Gasteiger partial charge in [0.15, 0.2) is 5.69 Å². The molecule has 1 aliphatic heterocycles. The molecule has 22 heavy (non-hydrogen) atoms. The van der Waals surface area contributed by atoms with Gasteiger partial charge >= 0.3 is 0 Å². The van der Waals surface area contributed by atoms with Crippen LogP contribution in [0.5, 0.6) is 0 Å². The number of fused-ring (bicyclic) bond motifs is 1. The summed E-state index contributed by atoms with van der Waals surface area (Å²) in [5.41, 5.74) is 5.70. The van der Waals surface area contributed by atoms with Crippen LogP contribution in [0.1, 0.15) is 38.7 Å². The molecular formula is C15H22N6O. The fourth-order valence-corrected chi connectivity index (χ4v) is 2.94. The zero-order chi connectivity index (χ0) is 15.9. The first kappa shape index (κ1) is 14.8. The number of nitrogens with one attached hydrogen (secondary N) is 2. The Hall–Kier alpha value is -2.15. The topological polar surface area (TPSA) is 78.8 Å². The number of carbonyl (C=O) groups excluding carboxylic acids is 1. The van der Waals surface area contributed by atoms with Crippen molar-refractivity contribution in [1.29, 1.82) is 0 Å². The molecule has 0 spiro atoms. The molecule has 2 aromatic heterocycles. The number of likely N-dealkylation sites (N-methyl/N-ethyl adjacent to an activating group) is 1. The van der Waals surface area contributed by atoms with Crippen molar-refractivity contribution in [2.24, 2.45) is 7.05 Å². The number of hydrogen-bond acceptors (Lipinski definition) is 4. The molecule has 0 fully saturated rings. The summed E-state index contributed by atoms with van der Waals surface area (Å²) < 4.78 is 1.84. The highest BCUT2D eigenvalue weighted by molar-refractivity contribution is 5.94. The molecule has 7 nitrogen and oxygen atoms in total. The molecule has 118 valence electrons. The lowest BCUT2D eigenvalue weighted by molar-refractivity contribution is 0.0943. The molecule has 1 amide bonds. The Labute approximate surface area is 129 Å². The number of aryl methyl sites for hydroxylation is 2. The lowest BCUT2D eigenvalue weighted by Gasteiger charge is -2.22. The van der Waals surface area contributed by atoms with Gasteiger partial charge in [-0.2, -0.15) is 10.2 Å². The molecule has 2 N–H and O–H groups in total. The van der Waals surface area contributed by atoms with E-state index in [1.54, 1.807) is 0 Å². The molecule has 0 aromatic carbocycles. The minimum Gasteiger partial charge on any atom is -0.346 e. The first-order valence-corrected chi connectivity index (χ1v) is 7.49. The van der Waals surface area contributed by atoms with Gasteiger partial charge in [0.1, 0.15) is 0 Å². The lowest BCUT2D eigenvalue weighted by Crippen LogP contribution is -2.29. The maximum atomic E-state index is 12.4. The number of aromatic nitrogens is 4. The van der Waals surface area contributed by atoms with Gasteiger partial charge in [0, 0.05) is 55.6 Å². The minimum atomic E-state index is -0.129. The van der Waals surface area contributed by atoms with E-state index in [-0.39, 0.29) is 5.91 Å². The zero-order valence-electron chi connectivity index (χ0n) is 13.5. The summed E-state index contributed by atoms with van der Waals surface area (Å²) in [5.74, 6) is -0.129. The van der Waals surface area contributed by atoms with Gasteiger partial charge in [0.25, 0.3) is 5.91 Å². The van der Waals surface area contributed by atoms with Gasteiger partial charge in [-0.25, -0.2) is 0 Å². The van der Waals surface area contributed by atoms with Gasteiger partial charge in [0.05, 0.1) is 5.69 Å². The third kappa shape index (κ3) is 2.52. The second kappa shape index (κ2) is 5.57. The van der Waals surface area contributed by atoms with Gasteiger partial charge in [-0.3, -0.25) is 14.6 Å². The van der Waals surface area contributed by atoms with E-state index in [1.807, 2.05) is 25.6 Å². The summed E-state index contributed by atoms with van der Waals surface area (Å²) in [6.45, 7) is 6.19. The minimum absolute atomic E-state index is 0.129. The molecule has 2 aromatic rings. The predicted molar refractivity (Wildman–Crippen MR) is 82.5 cm³/mol. The number of amides is 1. The fourth-order valence-electron chi connectivity index (χ4n) is 2.94. The summed E-state index contributed by atoms with van der Waals surface area (Å²) in [6, 6.07) is 0. The second-order valence-electron chi connectivity index (χ2n) is 5.97. The third-order valence-electron chi connectivity index (χ3n) is 4.42. The van der Waals surface area contributed by atoms with E-state index in [0.29, 0.717) is 12.2 Å². The van der Waals surface area contributed by atoms with Crippen molar-refractivity contribution >= 4 is 5.91 Å². The molecule has 0 atom stereocenters. The molecule has 0 aliphatic carbocycles. The van der Waals surface area contributed by atoms with Crippen LogP contribution in [-0.2, 0) is 26.6 Å². The van der Waals surface area contributed by atoms with Crippen molar-refractivity contribution in [2.75, 3.05) is 13.6 Å². The number of nitrogens with zero attached hydrogens (tertiary/aromatic N) is 4. The summed E-state index contributed by atoms with van der Waals surface area (Å²) in [6.07, 6.45) is 0.910. The van der Waals surface area contributed by atoms with Crippen LogP contribution in [0, 0.1) is 13.8 Å². The van der Waals surface area contributed by atoms with Gasteiger partial charge in [-0.1, -0.05) is 0 Å². The molecular weight excluding hydrogens is 280 g/mol. The highest BCUT2D eigenvalue weighted by atomic mass is 16.1. The van der Waals surface area contributed by atoms with Crippen LogP contribution in [0.25, 0.3) is 0 Å². The number of hydrogen-bond donors (Lipinski definition) is 2. The van der Waals surface area contributed by atoms with Crippen molar-refractivity contribution in [3.05, 3.63) is 33.9 Å². The van der Waals surface area contributed by atoms with E-state index < -0.39 is 0 Å². The number of rotatable bonds is 3. The molecule has 0 bridgehead atoms. The highest BCUT2D eigenvalue weighted by Gasteiger charge is 2.24. The Kier molecular flexibility index (Phi) is 3.74. The second-order valence-corrected chi connectivity index (χ2v) is 5.97. The summed E-state index contributed by atoms with van der Waals surface area (Å²) in [5, 5.41) is 14.5. The van der Waals surface area contributed by atoms with Crippen molar-refractivity contribution < 1.29 is 4.79 Å². The van der Waals surface area contributed by atoms with E-state index in [4.69, 9.17) is 0 Å². The Bertz CT molecular complexity index is 714. The molecule has 1 aliphatic rings. The van der Waals surface area contributed by atoms with Crippen molar-refractivity contribution in [1.82, 2.24) is 30.2 Å². The van der Waals surface area contributed by atoms with E-state index in [0.717, 1.165) is 47.7 Å². The molecule has 0 radical (unpaired) electrons. The fraction of sp³-hybridized carbons (Fsp3) is 0.533. The van der Waals surface area contributed by atoms with E-state index >= 15 is 0 Å². The summed E-state index contributed by atoms with van der Waals surface area (Å²) in [4.78, 5) is 14.6. The molecule has 7 heteroatoms. The SMILES string of the molecule is Cc1nn(C)c(C)c1CNC(=O)c1n[nH]c2c1CN(C)CC2. The van der Waals surface area contributed by atoms with Crippen molar-refractivity contribution in [3.8, 4) is 0 Å². The first-order chi connectivity index (χ1) is 10.5. The normalized spacial score (nSPS) is 14.9. The van der Waals surface area contributed by atoms with Crippen molar-refractivity contribution in [2.45, 2.75) is 33.4 Å². The van der Waals surface area contributed by atoms with Gasteiger partial charge in [0.2, 0.25) is 0 Å². The molecule has 0 unspecified atom stereocenters. The molecule has 3 rings (SSSR count). The first-order valence-electron chi connectivity index (χ1n) is 7.49. The monoisotopic (exact) mass is 302 g/mol. The van der Waals surface area contributed by atoms with Crippen LogP contribution in [-0.4, -0.2) is 44.4 Å². The van der Waals surface area contributed by atoms with Gasteiger partial charge in [-0.15, -0.1) is 0 Å². The third-order valence-corrected chi connectivity index (χ3v) is 4.42. The van der Waals surface area contributed by atoms with Crippen molar-refractivity contribution in [3.63, 3.8) is 0 Å². The lowest BCUT2D eigenvalue weighted by atomic mass is 10.1. The Balaban J connectivity index is 1.74. The largest absolute Gasteiger partial charge is 0.346 e. The summed E-state index contributed by atoms with van der Waals surface area (Å²) in [7, 11) is 3.97. The van der Waals surface area contributed by atoms with Crippen LogP contribution in [0.3, 0.4) is 0 Å². The van der Waals surface area contributed by atoms with Crippen LogP contribution in [0.15, 0.2) is 0 Å². The van der Waals surface area contributed by atoms with Crippen LogP contribution >= 0.6 is 0 Å². The van der Waals surface area contributed by atoms with E-state index in [1.165, 1.54) is 0 Å². The Morgan fingerprint density at radius 3 is 2.82 bits per heavy atom. The molecule has 0 saturated heterocycles.